The Balaban J connectivity index is 1.73. The van der Waals surface area contributed by atoms with E-state index in [1.165, 1.54) is 0 Å². The minimum absolute atomic E-state index is 0.0712. The van der Waals surface area contributed by atoms with Crippen LogP contribution in [0.1, 0.15) is 18.9 Å². The molecule has 1 saturated heterocycles. The summed E-state index contributed by atoms with van der Waals surface area (Å²) in [6.07, 6.45) is 1.91. The zero-order valence-corrected chi connectivity index (χ0v) is 14.4. The van der Waals surface area contributed by atoms with Gasteiger partial charge in [-0.25, -0.2) is 4.68 Å². The van der Waals surface area contributed by atoms with Crippen LogP contribution in [0.25, 0.3) is 0 Å². The van der Waals surface area contributed by atoms with Crippen LogP contribution in [-0.4, -0.2) is 28.1 Å². The second-order valence-electron chi connectivity index (χ2n) is 5.87. The van der Waals surface area contributed by atoms with E-state index in [0.29, 0.717) is 23.9 Å². The molecule has 3 rings (SSSR count). The van der Waals surface area contributed by atoms with E-state index < -0.39 is 5.92 Å². The first kappa shape index (κ1) is 16.5. The molecule has 1 aromatic heterocycles. The number of hydrogen-bond acceptors (Lipinski definition) is 3. The predicted molar refractivity (Wildman–Crippen MR) is 93.2 cm³/mol. The fourth-order valence-corrected chi connectivity index (χ4v) is 3.06. The van der Waals surface area contributed by atoms with Gasteiger partial charge >= 0.3 is 0 Å². The van der Waals surface area contributed by atoms with Gasteiger partial charge in [-0.3, -0.25) is 9.59 Å². The number of nitrogens with zero attached hydrogens (tertiary/aromatic N) is 3. The Bertz CT molecular complexity index is 787. The van der Waals surface area contributed by atoms with Gasteiger partial charge in [0.15, 0.2) is 0 Å². The first-order valence-corrected chi connectivity index (χ1v) is 8.26. The van der Waals surface area contributed by atoms with E-state index in [1.807, 2.05) is 19.9 Å². The normalized spacial score (nSPS) is 17.4. The third-order valence-corrected chi connectivity index (χ3v) is 4.41. The molecule has 6 nitrogen and oxygen atoms in total. The zero-order valence-electron chi connectivity index (χ0n) is 13.6. The highest BCUT2D eigenvalue weighted by molar-refractivity contribution is 6.31. The number of amides is 2. The van der Waals surface area contributed by atoms with Crippen LogP contribution in [0.15, 0.2) is 30.5 Å². The van der Waals surface area contributed by atoms with Crippen LogP contribution in [0, 0.1) is 12.8 Å². The average Bonchev–Trinajstić information content (AvgIpc) is 3.11. The molecular formula is C17H19ClN4O2. The Morgan fingerprint density at radius 1 is 1.46 bits per heavy atom. The number of benzene rings is 1. The molecule has 1 aliphatic heterocycles. The number of aryl methyl sites for hydroxylation is 2. The molecular weight excluding hydrogens is 328 g/mol. The number of anilines is 2. The van der Waals surface area contributed by atoms with Crippen molar-refractivity contribution in [1.29, 1.82) is 0 Å². The van der Waals surface area contributed by atoms with Gasteiger partial charge in [0.1, 0.15) is 5.82 Å². The van der Waals surface area contributed by atoms with Crippen LogP contribution in [0.3, 0.4) is 0 Å². The highest BCUT2D eigenvalue weighted by atomic mass is 35.5. The molecule has 2 heterocycles. The van der Waals surface area contributed by atoms with Crippen molar-refractivity contribution in [3.63, 3.8) is 0 Å². The number of aromatic nitrogens is 2. The molecule has 2 amide bonds. The van der Waals surface area contributed by atoms with Crippen molar-refractivity contribution in [2.24, 2.45) is 5.92 Å². The van der Waals surface area contributed by atoms with Gasteiger partial charge in [0.05, 0.1) is 12.1 Å². The molecule has 0 saturated carbocycles. The van der Waals surface area contributed by atoms with Crippen LogP contribution in [-0.2, 0) is 16.1 Å². The van der Waals surface area contributed by atoms with E-state index in [4.69, 9.17) is 11.6 Å². The fourth-order valence-electron chi connectivity index (χ4n) is 2.88. The SMILES string of the molecule is CCn1ncc(C)c1NC(=O)C1CC(=O)N(c2cccc(Cl)c2)C1. The maximum absolute atomic E-state index is 12.6. The molecule has 1 fully saturated rings. The molecule has 24 heavy (non-hydrogen) atoms. The minimum Gasteiger partial charge on any atom is -0.312 e. The zero-order chi connectivity index (χ0) is 17.3. The highest BCUT2D eigenvalue weighted by Gasteiger charge is 2.35. The van der Waals surface area contributed by atoms with Crippen molar-refractivity contribution in [3.05, 3.63) is 41.0 Å². The Morgan fingerprint density at radius 2 is 2.25 bits per heavy atom. The second kappa shape index (κ2) is 6.65. The van der Waals surface area contributed by atoms with Crippen LogP contribution >= 0.6 is 11.6 Å². The molecule has 1 unspecified atom stereocenters. The summed E-state index contributed by atoms with van der Waals surface area (Å²) in [5, 5.41) is 7.69. The van der Waals surface area contributed by atoms with Crippen molar-refractivity contribution in [2.45, 2.75) is 26.8 Å². The fraction of sp³-hybridized carbons (Fsp3) is 0.353. The summed E-state index contributed by atoms with van der Waals surface area (Å²) in [6, 6.07) is 7.10. The molecule has 2 aromatic rings. The Kier molecular flexibility index (Phi) is 4.57. The summed E-state index contributed by atoms with van der Waals surface area (Å²) in [7, 11) is 0. The summed E-state index contributed by atoms with van der Waals surface area (Å²) in [5.74, 6) is 0.0663. The van der Waals surface area contributed by atoms with E-state index in [9.17, 15) is 9.59 Å². The van der Waals surface area contributed by atoms with Crippen molar-refractivity contribution >= 4 is 34.9 Å². The monoisotopic (exact) mass is 346 g/mol. The van der Waals surface area contributed by atoms with E-state index in [2.05, 4.69) is 10.4 Å². The summed E-state index contributed by atoms with van der Waals surface area (Å²) >= 11 is 5.99. The Hall–Kier alpha value is -2.34. The summed E-state index contributed by atoms with van der Waals surface area (Å²) < 4.78 is 1.73. The van der Waals surface area contributed by atoms with Crippen molar-refractivity contribution in [3.8, 4) is 0 Å². The summed E-state index contributed by atoms with van der Waals surface area (Å²) in [6.45, 7) is 4.88. The molecule has 0 spiro atoms. The Labute approximate surface area is 145 Å². The molecule has 126 valence electrons. The molecule has 0 bridgehead atoms. The van der Waals surface area contributed by atoms with Crippen LogP contribution < -0.4 is 10.2 Å². The second-order valence-corrected chi connectivity index (χ2v) is 6.30. The number of carbonyl (C=O) groups excluding carboxylic acids is 2. The van der Waals surface area contributed by atoms with Crippen molar-refractivity contribution in [1.82, 2.24) is 9.78 Å². The average molecular weight is 347 g/mol. The lowest BCUT2D eigenvalue weighted by molar-refractivity contribution is -0.122. The van der Waals surface area contributed by atoms with Gasteiger partial charge in [0, 0.05) is 35.8 Å². The van der Waals surface area contributed by atoms with E-state index in [1.54, 1.807) is 34.0 Å². The van der Waals surface area contributed by atoms with Gasteiger partial charge in [-0.1, -0.05) is 17.7 Å². The maximum atomic E-state index is 12.6. The van der Waals surface area contributed by atoms with Gasteiger partial charge in [0.2, 0.25) is 11.8 Å². The van der Waals surface area contributed by atoms with Gasteiger partial charge in [0.25, 0.3) is 0 Å². The van der Waals surface area contributed by atoms with Gasteiger partial charge < -0.3 is 10.2 Å². The molecule has 1 N–H and O–H groups in total. The third-order valence-electron chi connectivity index (χ3n) is 4.18. The standard InChI is InChI=1S/C17H19ClN4O2/c1-3-22-16(11(2)9-19-22)20-17(24)12-7-15(23)21(10-12)14-6-4-5-13(18)8-14/h4-6,8-9,12H,3,7,10H2,1-2H3,(H,20,24). The minimum atomic E-state index is -0.393. The number of hydrogen-bond donors (Lipinski definition) is 1. The van der Waals surface area contributed by atoms with Crippen LogP contribution in [0.4, 0.5) is 11.5 Å². The van der Waals surface area contributed by atoms with Crippen LogP contribution in [0.2, 0.25) is 5.02 Å². The Morgan fingerprint density at radius 3 is 2.96 bits per heavy atom. The molecule has 1 aromatic carbocycles. The number of nitrogens with one attached hydrogen (secondary N) is 1. The molecule has 0 aliphatic carbocycles. The van der Waals surface area contributed by atoms with Gasteiger partial charge in [-0.2, -0.15) is 5.10 Å². The molecule has 1 aliphatic rings. The van der Waals surface area contributed by atoms with E-state index in [0.717, 1.165) is 11.3 Å². The smallest absolute Gasteiger partial charge is 0.230 e. The maximum Gasteiger partial charge on any atom is 0.230 e. The van der Waals surface area contributed by atoms with E-state index >= 15 is 0 Å². The van der Waals surface area contributed by atoms with E-state index in [-0.39, 0.29) is 18.2 Å². The number of carbonyl (C=O) groups is 2. The molecule has 1 atom stereocenters. The first-order chi connectivity index (χ1) is 11.5. The van der Waals surface area contributed by atoms with Gasteiger partial charge in [-0.05, 0) is 32.0 Å². The topological polar surface area (TPSA) is 67.2 Å². The van der Waals surface area contributed by atoms with Gasteiger partial charge in [-0.15, -0.1) is 0 Å². The summed E-state index contributed by atoms with van der Waals surface area (Å²) in [4.78, 5) is 26.5. The summed E-state index contributed by atoms with van der Waals surface area (Å²) in [5.41, 5.74) is 1.62. The molecule has 0 radical (unpaired) electrons. The lowest BCUT2D eigenvalue weighted by Crippen LogP contribution is -2.28. The number of halogens is 1. The quantitative estimate of drug-likeness (QED) is 0.925. The molecule has 7 heteroatoms. The van der Waals surface area contributed by atoms with Crippen LogP contribution in [0.5, 0.6) is 0 Å². The lowest BCUT2D eigenvalue weighted by atomic mass is 10.1. The number of rotatable bonds is 4. The van der Waals surface area contributed by atoms with Crippen molar-refractivity contribution < 1.29 is 9.59 Å². The van der Waals surface area contributed by atoms with Crippen molar-refractivity contribution in [2.75, 3.05) is 16.8 Å². The predicted octanol–water partition coefficient (Wildman–Crippen LogP) is 2.86. The lowest BCUT2D eigenvalue weighted by Gasteiger charge is -2.17. The highest BCUT2D eigenvalue weighted by Crippen LogP contribution is 2.28. The first-order valence-electron chi connectivity index (χ1n) is 7.88. The third kappa shape index (κ3) is 3.14. The largest absolute Gasteiger partial charge is 0.312 e.